The number of carbonyl (C=O) groups excluding carboxylic acids is 2. The lowest BCUT2D eigenvalue weighted by Gasteiger charge is -2.07. The zero-order chi connectivity index (χ0) is 27.3. The second kappa shape index (κ2) is 11.2. The van der Waals surface area contributed by atoms with Crippen molar-refractivity contribution in [2.24, 2.45) is 0 Å². The Balaban J connectivity index is 1.93. The number of carbonyl (C=O) groups is 2. The number of nitro groups is 2. The molecular weight excluding hydrogens is 532 g/mol. The summed E-state index contributed by atoms with van der Waals surface area (Å²) in [5.41, 5.74) is -1.77. The summed E-state index contributed by atoms with van der Waals surface area (Å²) in [4.78, 5) is 42.5. The number of nitrogens with zero attached hydrogens (tertiary/aromatic N) is 2. The lowest BCUT2D eigenvalue weighted by atomic mass is 10.2. The van der Waals surface area contributed by atoms with Gasteiger partial charge in [0, 0.05) is 25.0 Å². The van der Waals surface area contributed by atoms with Crippen molar-refractivity contribution < 1.29 is 54.9 Å². The fourth-order valence-corrected chi connectivity index (χ4v) is 3.66. The van der Waals surface area contributed by atoms with Gasteiger partial charge in [-0.15, -0.1) is 0 Å². The number of rotatable bonds is 11. The molecule has 0 aliphatic carbocycles. The van der Waals surface area contributed by atoms with Crippen LogP contribution in [0.3, 0.4) is 0 Å². The molecule has 0 unspecified atom stereocenters. The van der Waals surface area contributed by atoms with Crippen molar-refractivity contribution in [3.05, 3.63) is 56.6 Å². The van der Waals surface area contributed by atoms with Gasteiger partial charge in [0.25, 0.3) is 20.2 Å². The van der Waals surface area contributed by atoms with E-state index in [2.05, 4.69) is 0 Å². The zero-order valence-corrected chi connectivity index (χ0v) is 19.4. The van der Waals surface area contributed by atoms with Gasteiger partial charge in [-0.25, -0.2) is 0 Å². The molecule has 18 heteroatoms. The third kappa shape index (κ3) is 7.77. The Labute approximate surface area is 202 Å². The molecule has 0 fully saturated rings. The fraction of sp³-hybridized carbons (Fsp3) is 0.222. The lowest BCUT2D eigenvalue weighted by molar-refractivity contribution is -0.386. The Morgan fingerprint density at radius 1 is 0.722 bits per heavy atom. The molecule has 0 spiro atoms. The average molecular weight is 548 g/mol. The van der Waals surface area contributed by atoms with E-state index in [9.17, 15) is 46.7 Å². The first-order valence-electron chi connectivity index (χ1n) is 9.53. The highest BCUT2D eigenvalue weighted by atomic mass is 32.2. The monoisotopic (exact) mass is 548 g/mol. The van der Waals surface area contributed by atoms with E-state index >= 15 is 0 Å². The molecule has 0 aromatic heterocycles. The molecule has 2 rings (SSSR count). The van der Waals surface area contributed by atoms with E-state index in [-0.39, 0.29) is 25.7 Å². The number of hydrogen-bond acceptors (Lipinski definition) is 12. The number of esters is 2. The summed E-state index contributed by atoms with van der Waals surface area (Å²) in [7, 11) is -9.47. The number of unbranched alkanes of at least 4 members (excludes halogenated alkanes) is 1. The Hall–Kier alpha value is -4.00. The third-order valence-electron chi connectivity index (χ3n) is 4.31. The van der Waals surface area contributed by atoms with Gasteiger partial charge in [0.15, 0.2) is 0 Å². The summed E-state index contributed by atoms with van der Waals surface area (Å²) in [6.07, 6.45) is -0.607. The van der Waals surface area contributed by atoms with Crippen LogP contribution in [0.25, 0.3) is 0 Å². The summed E-state index contributed by atoms with van der Waals surface area (Å²) >= 11 is 0. The van der Waals surface area contributed by atoms with Crippen LogP contribution in [0.4, 0.5) is 11.4 Å². The van der Waals surface area contributed by atoms with Gasteiger partial charge in [0.05, 0.1) is 9.85 Å². The maximum absolute atomic E-state index is 12.0. The van der Waals surface area contributed by atoms with E-state index in [1.807, 2.05) is 0 Å². The van der Waals surface area contributed by atoms with Crippen LogP contribution in [-0.4, -0.2) is 47.7 Å². The first kappa shape index (κ1) is 28.2. The van der Waals surface area contributed by atoms with E-state index in [1.165, 1.54) is 0 Å². The van der Waals surface area contributed by atoms with E-state index in [0.717, 1.165) is 24.3 Å². The predicted molar refractivity (Wildman–Crippen MR) is 116 cm³/mol. The van der Waals surface area contributed by atoms with E-state index in [1.54, 1.807) is 0 Å². The molecule has 2 aromatic rings. The highest BCUT2D eigenvalue weighted by Crippen LogP contribution is 2.31. The summed E-state index contributed by atoms with van der Waals surface area (Å²) in [6.45, 7) is 0. The van der Waals surface area contributed by atoms with Crippen molar-refractivity contribution in [1.82, 2.24) is 0 Å². The highest BCUT2D eigenvalue weighted by molar-refractivity contribution is 7.86. The summed E-state index contributed by atoms with van der Waals surface area (Å²) in [5.74, 6) is -3.06. The van der Waals surface area contributed by atoms with Gasteiger partial charge < -0.3 is 9.47 Å². The van der Waals surface area contributed by atoms with Crippen LogP contribution in [0.15, 0.2) is 46.2 Å². The number of benzene rings is 2. The average Bonchev–Trinajstić information content (AvgIpc) is 2.75. The van der Waals surface area contributed by atoms with Crippen LogP contribution in [-0.2, 0) is 29.8 Å². The lowest BCUT2D eigenvalue weighted by Crippen LogP contribution is -2.12. The van der Waals surface area contributed by atoms with Gasteiger partial charge in [-0.3, -0.25) is 38.9 Å². The van der Waals surface area contributed by atoms with Crippen molar-refractivity contribution in [3.8, 4) is 11.5 Å². The molecule has 2 aromatic carbocycles. The maximum atomic E-state index is 12.0. The molecule has 0 aliphatic heterocycles. The summed E-state index contributed by atoms with van der Waals surface area (Å²) < 4.78 is 72.1. The second-order valence-corrected chi connectivity index (χ2v) is 9.72. The molecule has 0 saturated carbocycles. The standard InChI is InChI=1S/C18H16N2O14S2/c21-17(33-15-7-5-11(35(27,28)29)9-13(15)19(23)24)3-1-2-4-18(22)34-16-8-6-12(36(30,31)32)10-14(16)20(25)26/h5-10H,1-4H2,(H,27,28,29)(H,30,31,32). The number of hydrogen-bond donors (Lipinski definition) is 2. The predicted octanol–water partition coefficient (Wildman–Crippen LogP) is 2.07. The van der Waals surface area contributed by atoms with Crippen molar-refractivity contribution in [2.45, 2.75) is 35.5 Å². The molecule has 194 valence electrons. The van der Waals surface area contributed by atoms with Crippen LogP contribution >= 0.6 is 0 Å². The summed E-state index contributed by atoms with van der Waals surface area (Å²) in [5, 5.41) is 22.2. The second-order valence-electron chi connectivity index (χ2n) is 6.88. The quantitative estimate of drug-likeness (QED) is 0.102. The normalized spacial score (nSPS) is 11.5. The van der Waals surface area contributed by atoms with Crippen molar-refractivity contribution in [3.63, 3.8) is 0 Å². The van der Waals surface area contributed by atoms with Crippen molar-refractivity contribution >= 4 is 43.5 Å². The molecule has 0 atom stereocenters. The minimum absolute atomic E-state index is 0.0224. The Bertz CT molecular complexity index is 1320. The Morgan fingerprint density at radius 3 is 1.33 bits per heavy atom. The topological polar surface area (TPSA) is 248 Å². The van der Waals surface area contributed by atoms with Crippen LogP contribution in [0, 0.1) is 20.2 Å². The van der Waals surface area contributed by atoms with Gasteiger partial charge in [-0.05, 0) is 37.1 Å². The van der Waals surface area contributed by atoms with Crippen LogP contribution in [0.5, 0.6) is 11.5 Å². The minimum atomic E-state index is -4.73. The number of nitro benzene ring substituents is 2. The Morgan fingerprint density at radius 2 is 1.06 bits per heavy atom. The molecular formula is C18H16N2O14S2. The third-order valence-corrected chi connectivity index (χ3v) is 6.01. The fourth-order valence-electron chi connectivity index (χ4n) is 2.66. The molecule has 0 saturated heterocycles. The minimum Gasteiger partial charge on any atom is -0.419 e. The largest absolute Gasteiger partial charge is 0.419 e. The van der Waals surface area contributed by atoms with Crippen LogP contribution in [0.1, 0.15) is 25.7 Å². The van der Waals surface area contributed by atoms with E-state index < -0.39 is 74.7 Å². The molecule has 0 heterocycles. The molecule has 2 N–H and O–H groups in total. The summed E-state index contributed by atoms with van der Waals surface area (Å²) in [6, 6.07) is 4.24. The SMILES string of the molecule is O=C(CCCCC(=O)Oc1ccc(S(=O)(=O)O)cc1[N+](=O)[O-])Oc1ccc(S(=O)(=O)O)cc1[N+](=O)[O-]. The van der Waals surface area contributed by atoms with Gasteiger partial charge in [-0.1, -0.05) is 0 Å². The first-order chi connectivity index (χ1) is 16.6. The van der Waals surface area contributed by atoms with Crippen molar-refractivity contribution in [1.29, 1.82) is 0 Å². The van der Waals surface area contributed by atoms with E-state index in [0.29, 0.717) is 12.1 Å². The van der Waals surface area contributed by atoms with Gasteiger partial charge in [-0.2, -0.15) is 16.8 Å². The maximum Gasteiger partial charge on any atom is 0.313 e. The van der Waals surface area contributed by atoms with Gasteiger partial charge in [0.2, 0.25) is 11.5 Å². The van der Waals surface area contributed by atoms with Crippen LogP contribution in [0.2, 0.25) is 0 Å². The van der Waals surface area contributed by atoms with E-state index in [4.69, 9.17) is 18.6 Å². The molecule has 0 aliphatic rings. The molecule has 36 heavy (non-hydrogen) atoms. The van der Waals surface area contributed by atoms with Gasteiger partial charge >= 0.3 is 23.3 Å². The molecule has 0 bridgehead atoms. The highest BCUT2D eigenvalue weighted by Gasteiger charge is 2.24. The van der Waals surface area contributed by atoms with Crippen LogP contribution < -0.4 is 9.47 Å². The zero-order valence-electron chi connectivity index (χ0n) is 17.8. The molecule has 0 radical (unpaired) electrons. The van der Waals surface area contributed by atoms with Crippen molar-refractivity contribution in [2.75, 3.05) is 0 Å². The first-order valence-corrected chi connectivity index (χ1v) is 12.4. The smallest absolute Gasteiger partial charge is 0.313 e. The van der Waals surface area contributed by atoms with Gasteiger partial charge in [0.1, 0.15) is 9.79 Å². The molecule has 16 nitrogen and oxygen atoms in total. The molecule has 0 amide bonds. The number of ether oxygens (including phenoxy) is 2. The Kier molecular flexibility index (Phi) is 8.75.